The normalized spacial score (nSPS) is 11.1. The van der Waals surface area contributed by atoms with Crippen molar-refractivity contribution in [3.8, 4) is 6.07 Å². The van der Waals surface area contributed by atoms with Crippen molar-refractivity contribution in [1.82, 2.24) is 0 Å². The van der Waals surface area contributed by atoms with Gasteiger partial charge in [-0.3, -0.25) is 0 Å². The lowest BCUT2D eigenvalue weighted by molar-refractivity contribution is 1.52. The summed E-state index contributed by atoms with van der Waals surface area (Å²) in [6.45, 7) is 0. The number of hydrogen-bond donors (Lipinski definition) is 1. The zero-order chi connectivity index (χ0) is 8.27. The number of nitriles is 1. The minimum atomic E-state index is 0.517. The SMILES string of the molecule is N#C/C=C(\N)c1ccc(Br)s1. The average molecular weight is 229 g/mol. The molecule has 0 saturated heterocycles. The summed E-state index contributed by atoms with van der Waals surface area (Å²) in [7, 11) is 0. The molecule has 11 heavy (non-hydrogen) atoms. The van der Waals surface area contributed by atoms with Crippen molar-refractivity contribution in [2.75, 3.05) is 0 Å². The molecule has 56 valence electrons. The number of nitrogens with two attached hydrogens (primary N) is 1. The molecule has 4 heteroatoms. The van der Waals surface area contributed by atoms with Crippen LogP contribution in [0.4, 0.5) is 0 Å². The molecule has 0 spiro atoms. The van der Waals surface area contributed by atoms with Gasteiger partial charge < -0.3 is 5.73 Å². The summed E-state index contributed by atoms with van der Waals surface area (Å²) in [4.78, 5) is 0.915. The molecule has 1 aromatic rings. The van der Waals surface area contributed by atoms with E-state index >= 15 is 0 Å². The standard InChI is InChI=1S/C7H5BrN2S/c8-7-2-1-6(11-7)5(10)3-4-9/h1-3H,10H2/b5-3-. The minimum absolute atomic E-state index is 0.517. The largest absolute Gasteiger partial charge is 0.397 e. The van der Waals surface area contributed by atoms with Crippen LogP contribution in [0.15, 0.2) is 22.0 Å². The molecule has 1 rings (SSSR count). The molecule has 0 aliphatic rings. The molecule has 0 atom stereocenters. The molecule has 1 aromatic heterocycles. The zero-order valence-electron chi connectivity index (χ0n) is 5.54. The van der Waals surface area contributed by atoms with E-state index in [2.05, 4.69) is 15.9 Å². The first-order valence-corrected chi connectivity index (χ1v) is 4.46. The van der Waals surface area contributed by atoms with Gasteiger partial charge >= 0.3 is 0 Å². The maximum absolute atomic E-state index is 8.29. The van der Waals surface area contributed by atoms with Crippen LogP contribution in [-0.2, 0) is 0 Å². The second-order valence-corrected chi connectivity index (χ2v) is 4.30. The van der Waals surface area contributed by atoms with Crippen LogP contribution in [0.2, 0.25) is 0 Å². The highest BCUT2D eigenvalue weighted by molar-refractivity contribution is 9.11. The van der Waals surface area contributed by atoms with E-state index in [1.165, 1.54) is 17.4 Å². The fourth-order valence-electron chi connectivity index (χ4n) is 0.610. The highest BCUT2D eigenvalue weighted by Gasteiger charge is 1.98. The fraction of sp³-hybridized carbons (Fsp3) is 0. The molecule has 1 heterocycles. The Morgan fingerprint density at radius 1 is 1.73 bits per heavy atom. The smallest absolute Gasteiger partial charge is 0.0934 e. The molecular weight excluding hydrogens is 224 g/mol. The lowest BCUT2D eigenvalue weighted by Crippen LogP contribution is -1.91. The van der Waals surface area contributed by atoms with Crippen LogP contribution in [0, 0.1) is 11.3 Å². The Balaban J connectivity index is 2.95. The average Bonchev–Trinajstić information content (AvgIpc) is 2.36. The Bertz CT molecular complexity index is 321. The fourth-order valence-corrected chi connectivity index (χ4v) is 1.92. The van der Waals surface area contributed by atoms with Gasteiger partial charge in [0.1, 0.15) is 0 Å². The monoisotopic (exact) mass is 228 g/mol. The van der Waals surface area contributed by atoms with Crippen LogP contribution < -0.4 is 5.73 Å². The topological polar surface area (TPSA) is 49.8 Å². The zero-order valence-corrected chi connectivity index (χ0v) is 7.95. The Hall–Kier alpha value is -0.790. The highest BCUT2D eigenvalue weighted by Crippen LogP contribution is 2.25. The van der Waals surface area contributed by atoms with E-state index in [-0.39, 0.29) is 0 Å². The quantitative estimate of drug-likeness (QED) is 0.751. The van der Waals surface area contributed by atoms with Crippen LogP contribution in [0.1, 0.15) is 4.88 Å². The summed E-state index contributed by atoms with van der Waals surface area (Å²) in [6, 6.07) is 5.65. The number of rotatable bonds is 1. The van der Waals surface area contributed by atoms with Gasteiger partial charge in [-0.1, -0.05) is 0 Å². The molecule has 0 aliphatic heterocycles. The van der Waals surface area contributed by atoms with E-state index in [4.69, 9.17) is 11.0 Å². The van der Waals surface area contributed by atoms with Gasteiger partial charge in [0, 0.05) is 6.08 Å². The predicted molar refractivity (Wildman–Crippen MR) is 49.8 cm³/mol. The second kappa shape index (κ2) is 3.56. The Labute approximate surface area is 77.1 Å². The number of hydrogen-bond acceptors (Lipinski definition) is 3. The van der Waals surface area contributed by atoms with Crippen LogP contribution in [-0.4, -0.2) is 0 Å². The van der Waals surface area contributed by atoms with Gasteiger partial charge in [-0.2, -0.15) is 5.26 Å². The third-order valence-corrected chi connectivity index (χ3v) is 2.75. The van der Waals surface area contributed by atoms with Gasteiger partial charge in [-0.15, -0.1) is 11.3 Å². The van der Waals surface area contributed by atoms with Crippen molar-refractivity contribution in [2.24, 2.45) is 5.73 Å². The van der Waals surface area contributed by atoms with Crippen molar-refractivity contribution >= 4 is 33.0 Å². The number of thiophene rings is 1. The van der Waals surface area contributed by atoms with Crippen molar-refractivity contribution in [1.29, 1.82) is 5.26 Å². The van der Waals surface area contributed by atoms with Gasteiger partial charge in [0.25, 0.3) is 0 Å². The van der Waals surface area contributed by atoms with Gasteiger partial charge in [0.15, 0.2) is 0 Å². The van der Waals surface area contributed by atoms with E-state index in [1.807, 2.05) is 18.2 Å². The molecule has 2 nitrogen and oxygen atoms in total. The maximum atomic E-state index is 8.29. The molecule has 0 unspecified atom stereocenters. The first-order valence-electron chi connectivity index (χ1n) is 2.85. The molecule has 0 bridgehead atoms. The van der Waals surface area contributed by atoms with Crippen molar-refractivity contribution in [3.05, 3.63) is 26.9 Å². The van der Waals surface area contributed by atoms with Crippen LogP contribution >= 0.6 is 27.3 Å². The Morgan fingerprint density at radius 2 is 2.45 bits per heavy atom. The number of allylic oxidation sites excluding steroid dienone is 1. The molecule has 0 aliphatic carbocycles. The first kappa shape index (κ1) is 8.31. The van der Waals surface area contributed by atoms with E-state index < -0.39 is 0 Å². The molecule has 0 fully saturated rings. The first-order chi connectivity index (χ1) is 5.24. The molecular formula is C7H5BrN2S. The van der Waals surface area contributed by atoms with Gasteiger partial charge in [-0.05, 0) is 28.1 Å². The Morgan fingerprint density at radius 3 is 2.91 bits per heavy atom. The molecule has 0 radical (unpaired) electrons. The third kappa shape index (κ3) is 2.07. The van der Waals surface area contributed by atoms with Gasteiger partial charge in [-0.25, -0.2) is 0 Å². The summed E-state index contributed by atoms with van der Waals surface area (Å²) < 4.78 is 1.02. The van der Waals surface area contributed by atoms with E-state index in [1.54, 1.807) is 0 Å². The molecule has 0 aromatic carbocycles. The second-order valence-electron chi connectivity index (χ2n) is 1.83. The highest BCUT2D eigenvalue weighted by atomic mass is 79.9. The summed E-state index contributed by atoms with van der Waals surface area (Å²) >= 11 is 4.81. The summed E-state index contributed by atoms with van der Waals surface area (Å²) in [6.07, 6.45) is 1.33. The number of halogens is 1. The molecule has 0 saturated carbocycles. The van der Waals surface area contributed by atoms with Gasteiger partial charge in [0.05, 0.1) is 20.4 Å². The van der Waals surface area contributed by atoms with E-state index in [0.29, 0.717) is 5.70 Å². The third-order valence-electron chi connectivity index (χ3n) is 1.08. The number of nitrogens with zero attached hydrogens (tertiary/aromatic N) is 1. The lowest BCUT2D eigenvalue weighted by atomic mass is 10.3. The van der Waals surface area contributed by atoms with E-state index in [9.17, 15) is 0 Å². The van der Waals surface area contributed by atoms with Gasteiger partial charge in [0.2, 0.25) is 0 Å². The maximum Gasteiger partial charge on any atom is 0.0934 e. The van der Waals surface area contributed by atoms with Crippen molar-refractivity contribution in [2.45, 2.75) is 0 Å². The molecule has 2 N–H and O–H groups in total. The van der Waals surface area contributed by atoms with E-state index in [0.717, 1.165) is 8.66 Å². The predicted octanol–water partition coefficient (Wildman–Crippen LogP) is 2.33. The summed E-state index contributed by atoms with van der Waals surface area (Å²) in [5, 5.41) is 8.29. The van der Waals surface area contributed by atoms with Crippen LogP contribution in [0.25, 0.3) is 5.70 Å². The Kier molecular flexibility index (Phi) is 2.69. The lowest BCUT2D eigenvalue weighted by Gasteiger charge is -1.90. The summed E-state index contributed by atoms with van der Waals surface area (Å²) in [5.41, 5.74) is 6.06. The van der Waals surface area contributed by atoms with Crippen LogP contribution in [0.3, 0.4) is 0 Å². The molecule has 0 amide bonds. The van der Waals surface area contributed by atoms with Crippen molar-refractivity contribution < 1.29 is 0 Å². The minimum Gasteiger partial charge on any atom is -0.397 e. The summed E-state index contributed by atoms with van der Waals surface area (Å²) in [5.74, 6) is 0. The van der Waals surface area contributed by atoms with Crippen LogP contribution in [0.5, 0.6) is 0 Å². The van der Waals surface area contributed by atoms with Crippen molar-refractivity contribution in [3.63, 3.8) is 0 Å².